The third kappa shape index (κ3) is 6.43. The molecule has 3 rings (SSSR count). The van der Waals surface area contributed by atoms with E-state index in [9.17, 15) is 14.4 Å². The molecule has 2 N–H and O–H groups in total. The molecule has 8 nitrogen and oxygen atoms in total. The van der Waals surface area contributed by atoms with Crippen molar-refractivity contribution in [2.24, 2.45) is 5.10 Å². The number of hydrogen-bond donors (Lipinski definition) is 2. The van der Waals surface area contributed by atoms with Gasteiger partial charge >= 0.3 is 17.8 Å². The Bertz CT molecular complexity index is 1230. The zero-order valence-electron chi connectivity index (χ0n) is 18.5. The summed E-state index contributed by atoms with van der Waals surface area (Å²) in [5, 5.41) is 6.56. The molecule has 0 aliphatic rings. The molecule has 0 saturated carbocycles. The van der Waals surface area contributed by atoms with Crippen LogP contribution >= 0.6 is 11.6 Å². The van der Waals surface area contributed by atoms with Gasteiger partial charge in [-0.15, -0.1) is 0 Å². The van der Waals surface area contributed by atoms with E-state index in [0.29, 0.717) is 11.3 Å². The summed E-state index contributed by atoms with van der Waals surface area (Å²) >= 11 is 6.03. The summed E-state index contributed by atoms with van der Waals surface area (Å²) in [7, 11) is 1.42. The number of hydrogen-bond acceptors (Lipinski definition) is 6. The van der Waals surface area contributed by atoms with Gasteiger partial charge in [-0.2, -0.15) is 5.10 Å². The van der Waals surface area contributed by atoms with Gasteiger partial charge < -0.3 is 14.8 Å². The van der Waals surface area contributed by atoms with Gasteiger partial charge in [-0.1, -0.05) is 42.8 Å². The lowest BCUT2D eigenvalue weighted by molar-refractivity contribution is -0.136. The van der Waals surface area contributed by atoms with E-state index < -0.39 is 17.8 Å². The molecule has 174 valence electrons. The van der Waals surface area contributed by atoms with Gasteiger partial charge in [0.05, 0.1) is 23.9 Å². The minimum Gasteiger partial charge on any atom is -0.493 e. The maximum Gasteiger partial charge on any atom is 0.345 e. The maximum atomic E-state index is 12.4. The van der Waals surface area contributed by atoms with Crippen LogP contribution in [0.25, 0.3) is 0 Å². The van der Waals surface area contributed by atoms with Crippen molar-refractivity contribution in [1.82, 2.24) is 5.43 Å². The number of halogens is 1. The van der Waals surface area contributed by atoms with Crippen LogP contribution in [-0.2, 0) is 16.0 Å². The molecule has 0 aliphatic carbocycles. The summed E-state index contributed by atoms with van der Waals surface area (Å²) < 4.78 is 10.7. The SMILES string of the molecule is CCc1ccc(NC(=O)C(=O)N/N=C\c2ccc(OC(=O)c3ccccc3Cl)c(OC)c2)cc1. The number of carbonyl (C=O) groups excluding carboxylic acids is 3. The number of ether oxygens (including phenoxy) is 2. The molecular weight excluding hydrogens is 458 g/mol. The van der Waals surface area contributed by atoms with E-state index in [1.54, 1.807) is 48.5 Å². The van der Waals surface area contributed by atoms with Gasteiger partial charge in [0.1, 0.15) is 0 Å². The highest BCUT2D eigenvalue weighted by Crippen LogP contribution is 2.29. The number of nitrogens with zero attached hydrogens (tertiary/aromatic N) is 1. The first-order valence-corrected chi connectivity index (χ1v) is 10.7. The Hall–Kier alpha value is -4.17. The smallest absolute Gasteiger partial charge is 0.345 e. The van der Waals surface area contributed by atoms with E-state index in [1.807, 2.05) is 19.1 Å². The van der Waals surface area contributed by atoms with Gasteiger partial charge in [0.15, 0.2) is 11.5 Å². The first-order valence-electron chi connectivity index (χ1n) is 10.3. The summed E-state index contributed by atoms with van der Waals surface area (Å²) in [6.07, 6.45) is 2.20. The third-order valence-corrected chi connectivity index (χ3v) is 5.02. The first kappa shape index (κ1) is 24.5. The number of benzene rings is 3. The van der Waals surface area contributed by atoms with Gasteiger partial charge in [0.2, 0.25) is 0 Å². The quantitative estimate of drug-likeness (QED) is 0.173. The van der Waals surface area contributed by atoms with Crippen molar-refractivity contribution in [2.75, 3.05) is 12.4 Å². The van der Waals surface area contributed by atoms with E-state index in [-0.39, 0.29) is 22.1 Å². The van der Waals surface area contributed by atoms with Gasteiger partial charge in [-0.3, -0.25) is 9.59 Å². The van der Waals surface area contributed by atoms with Gasteiger partial charge in [-0.25, -0.2) is 10.2 Å². The van der Waals surface area contributed by atoms with Crippen LogP contribution in [0, 0.1) is 0 Å². The zero-order valence-corrected chi connectivity index (χ0v) is 19.3. The van der Waals surface area contributed by atoms with E-state index in [0.717, 1.165) is 12.0 Å². The summed E-state index contributed by atoms with van der Waals surface area (Å²) in [4.78, 5) is 36.4. The molecule has 0 spiro atoms. The van der Waals surface area contributed by atoms with Crippen LogP contribution < -0.4 is 20.2 Å². The van der Waals surface area contributed by atoms with E-state index >= 15 is 0 Å². The summed E-state index contributed by atoms with van der Waals surface area (Å²) in [5.41, 5.74) is 4.54. The van der Waals surface area contributed by atoms with E-state index in [4.69, 9.17) is 21.1 Å². The molecule has 9 heteroatoms. The van der Waals surface area contributed by atoms with Crippen molar-refractivity contribution in [3.05, 3.63) is 88.4 Å². The number of hydrazone groups is 1. The lowest BCUT2D eigenvalue weighted by Gasteiger charge is -2.10. The number of esters is 1. The molecule has 3 aromatic carbocycles. The molecule has 0 fully saturated rings. The first-order chi connectivity index (χ1) is 16.4. The average Bonchev–Trinajstić information content (AvgIpc) is 2.85. The second-order valence-corrected chi connectivity index (χ2v) is 7.39. The molecule has 0 radical (unpaired) electrons. The second-order valence-electron chi connectivity index (χ2n) is 6.98. The van der Waals surface area contributed by atoms with Crippen LogP contribution in [0.4, 0.5) is 5.69 Å². The number of methoxy groups -OCH3 is 1. The number of aryl methyl sites for hydroxylation is 1. The fourth-order valence-corrected chi connectivity index (χ4v) is 3.07. The topological polar surface area (TPSA) is 106 Å². The van der Waals surface area contributed by atoms with Gasteiger partial charge in [0.25, 0.3) is 0 Å². The fourth-order valence-electron chi connectivity index (χ4n) is 2.86. The van der Waals surface area contributed by atoms with E-state index in [1.165, 1.54) is 19.4 Å². The fraction of sp³-hybridized carbons (Fsp3) is 0.120. The number of anilines is 1. The normalized spacial score (nSPS) is 10.6. The van der Waals surface area contributed by atoms with Crippen LogP contribution in [0.1, 0.15) is 28.4 Å². The molecule has 0 aromatic heterocycles. The average molecular weight is 480 g/mol. The predicted octanol–water partition coefficient (Wildman–Crippen LogP) is 4.22. The molecule has 0 saturated heterocycles. The molecule has 0 aliphatic heterocycles. The number of amides is 2. The monoisotopic (exact) mass is 479 g/mol. The van der Waals surface area contributed by atoms with Crippen molar-refractivity contribution in [2.45, 2.75) is 13.3 Å². The third-order valence-electron chi connectivity index (χ3n) is 4.69. The Kier molecular flexibility index (Phi) is 8.37. The van der Waals surface area contributed by atoms with Crippen molar-refractivity contribution >= 4 is 41.3 Å². The highest BCUT2D eigenvalue weighted by Gasteiger charge is 2.16. The lowest BCUT2D eigenvalue weighted by Crippen LogP contribution is -2.32. The molecular formula is C25H22ClN3O5. The predicted molar refractivity (Wildman–Crippen MR) is 130 cm³/mol. The Morgan fingerprint density at radius 1 is 0.971 bits per heavy atom. The van der Waals surface area contributed by atoms with Crippen LogP contribution in [-0.4, -0.2) is 31.1 Å². The minimum absolute atomic E-state index is 0.182. The van der Waals surface area contributed by atoms with E-state index in [2.05, 4.69) is 15.8 Å². The molecule has 0 atom stereocenters. The van der Waals surface area contributed by atoms with Crippen LogP contribution in [0.2, 0.25) is 5.02 Å². The maximum absolute atomic E-state index is 12.4. The standard InChI is InChI=1S/C25H22ClN3O5/c1-3-16-8-11-18(12-9-16)28-23(30)24(31)29-27-15-17-10-13-21(22(14-17)33-2)34-25(32)19-6-4-5-7-20(19)26/h4-15H,3H2,1-2H3,(H,28,30)(H,29,31)/b27-15-. The molecule has 0 heterocycles. The summed E-state index contributed by atoms with van der Waals surface area (Å²) in [6.45, 7) is 2.02. The molecule has 0 bridgehead atoms. The van der Waals surface area contributed by atoms with Crippen molar-refractivity contribution in [3.8, 4) is 11.5 Å². The Labute approximate surface area is 201 Å². The van der Waals surface area contributed by atoms with Gasteiger partial charge in [-0.05, 0) is 60.0 Å². The molecule has 2 amide bonds. The Balaban J connectivity index is 1.60. The highest BCUT2D eigenvalue weighted by atomic mass is 35.5. The van der Waals surface area contributed by atoms with Crippen molar-refractivity contribution in [1.29, 1.82) is 0 Å². The van der Waals surface area contributed by atoms with Crippen molar-refractivity contribution < 1.29 is 23.9 Å². The lowest BCUT2D eigenvalue weighted by atomic mass is 10.1. The van der Waals surface area contributed by atoms with Crippen LogP contribution in [0.15, 0.2) is 71.8 Å². The molecule has 3 aromatic rings. The van der Waals surface area contributed by atoms with Crippen molar-refractivity contribution in [3.63, 3.8) is 0 Å². The second kappa shape index (κ2) is 11.6. The largest absolute Gasteiger partial charge is 0.493 e. The highest BCUT2D eigenvalue weighted by molar-refractivity contribution is 6.39. The molecule has 0 unspecified atom stereocenters. The summed E-state index contributed by atoms with van der Waals surface area (Å²) in [5.74, 6) is -1.95. The number of rotatable bonds is 7. The summed E-state index contributed by atoms with van der Waals surface area (Å²) in [6, 6.07) is 18.4. The zero-order chi connectivity index (χ0) is 24.5. The Morgan fingerprint density at radius 2 is 1.71 bits per heavy atom. The Morgan fingerprint density at radius 3 is 2.38 bits per heavy atom. The number of nitrogens with one attached hydrogen (secondary N) is 2. The van der Waals surface area contributed by atoms with Gasteiger partial charge in [0, 0.05) is 5.69 Å². The van der Waals surface area contributed by atoms with Crippen LogP contribution in [0.3, 0.4) is 0 Å². The number of carbonyl (C=O) groups is 3. The van der Waals surface area contributed by atoms with Crippen LogP contribution in [0.5, 0.6) is 11.5 Å². The molecule has 34 heavy (non-hydrogen) atoms. The minimum atomic E-state index is -0.923.